The smallest absolute Gasteiger partial charge is 0.383 e. The third-order valence-corrected chi connectivity index (χ3v) is 4.33. The number of rotatable bonds is 4. The second-order valence-electron chi connectivity index (χ2n) is 4.47. The van der Waals surface area contributed by atoms with Gasteiger partial charge in [0.25, 0.3) is 0 Å². The Bertz CT molecular complexity index is 535. The number of alkyl halides is 3. The largest absolute Gasteiger partial charge is 0.416 e. The number of benzene rings is 1. The maximum Gasteiger partial charge on any atom is 0.416 e. The summed E-state index contributed by atoms with van der Waals surface area (Å²) in [5, 5.41) is -0.847. The number of carbonyl (C=O) groups is 1. The van der Waals surface area contributed by atoms with E-state index in [1.807, 2.05) is 0 Å². The molecule has 1 amide bonds. The maximum absolute atomic E-state index is 13.4. The number of hydrogen-bond acceptors (Lipinski definition) is 3. The average Bonchev–Trinajstić information content (AvgIpc) is 2.76. The molecule has 3 nitrogen and oxygen atoms in total. The van der Waals surface area contributed by atoms with E-state index in [1.165, 1.54) is 12.0 Å². The molecule has 1 aromatic carbocycles. The first-order valence-corrected chi connectivity index (χ1v) is 7.16. The molecule has 21 heavy (non-hydrogen) atoms. The minimum Gasteiger partial charge on any atom is -0.383 e. The lowest BCUT2D eigenvalue weighted by Gasteiger charge is -2.26. The van der Waals surface area contributed by atoms with Crippen molar-refractivity contribution in [2.45, 2.75) is 11.6 Å². The van der Waals surface area contributed by atoms with E-state index in [2.05, 4.69) is 0 Å². The van der Waals surface area contributed by atoms with Crippen molar-refractivity contribution in [2.24, 2.45) is 0 Å². The molecule has 0 aromatic heterocycles. The number of methoxy groups -OCH3 is 1. The van der Waals surface area contributed by atoms with Crippen molar-refractivity contribution in [1.29, 1.82) is 0 Å². The normalized spacial score (nSPS) is 19.4. The summed E-state index contributed by atoms with van der Waals surface area (Å²) in [6, 6.07) is 2.33. The van der Waals surface area contributed by atoms with Crippen LogP contribution in [0, 0.1) is 5.82 Å². The molecule has 8 heteroatoms. The summed E-state index contributed by atoms with van der Waals surface area (Å²) in [6.07, 6.45) is -4.60. The molecule has 1 heterocycles. The van der Waals surface area contributed by atoms with Crippen LogP contribution in [0.1, 0.15) is 16.5 Å². The molecule has 0 radical (unpaired) electrons. The Balaban J connectivity index is 2.40. The first-order valence-electron chi connectivity index (χ1n) is 6.11. The van der Waals surface area contributed by atoms with Crippen LogP contribution in [0.25, 0.3) is 0 Å². The number of nitrogens with zero attached hydrogens (tertiary/aromatic N) is 1. The topological polar surface area (TPSA) is 29.5 Å². The molecule has 1 unspecified atom stereocenters. The summed E-state index contributed by atoms with van der Waals surface area (Å²) in [7, 11) is 1.44. The van der Waals surface area contributed by atoms with Crippen molar-refractivity contribution in [2.75, 3.05) is 26.0 Å². The van der Waals surface area contributed by atoms with Gasteiger partial charge in [0, 0.05) is 13.7 Å². The van der Waals surface area contributed by atoms with Crippen molar-refractivity contribution >= 4 is 17.7 Å². The Labute approximate surface area is 123 Å². The number of carbonyl (C=O) groups excluding carboxylic acids is 1. The van der Waals surface area contributed by atoms with Gasteiger partial charge in [-0.05, 0) is 23.8 Å². The lowest BCUT2D eigenvalue weighted by atomic mass is 10.1. The third-order valence-electron chi connectivity index (χ3n) is 3.09. The van der Waals surface area contributed by atoms with Crippen LogP contribution >= 0.6 is 11.8 Å². The Hall–Kier alpha value is -1.28. The highest BCUT2D eigenvalue weighted by atomic mass is 32.2. The minimum atomic E-state index is -4.60. The Morgan fingerprint density at radius 1 is 1.43 bits per heavy atom. The van der Waals surface area contributed by atoms with E-state index in [0.29, 0.717) is 6.07 Å². The molecule has 1 aliphatic rings. The molecule has 1 fully saturated rings. The lowest BCUT2D eigenvalue weighted by molar-refractivity contribution is -0.139. The molecule has 1 atom stereocenters. The molecule has 0 spiro atoms. The second-order valence-corrected chi connectivity index (χ2v) is 5.54. The number of thioether (sulfide) groups is 1. The average molecular weight is 323 g/mol. The molecule has 116 valence electrons. The first-order chi connectivity index (χ1) is 9.84. The van der Waals surface area contributed by atoms with Crippen molar-refractivity contribution < 1.29 is 27.1 Å². The highest BCUT2D eigenvalue weighted by Crippen LogP contribution is 2.44. The SMILES string of the molecule is COCCN1C(=O)CSC1c1cc(F)ccc1C(F)(F)F. The Morgan fingerprint density at radius 2 is 2.14 bits per heavy atom. The second kappa shape index (κ2) is 6.23. The highest BCUT2D eigenvalue weighted by molar-refractivity contribution is 8.00. The standard InChI is InChI=1S/C13H13F4NO2S/c1-20-5-4-18-11(19)7-21-12(18)9-6-8(14)2-3-10(9)13(15,16)17/h2-3,6,12H,4-5,7H2,1H3. The van der Waals surface area contributed by atoms with Crippen molar-refractivity contribution in [3.63, 3.8) is 0 Å². The van der Waals surface area contributed by atoms with Gasteiger partial charge in [-0.3, -0.25) is 4.79 Å². The summed E-state index contributed by atoms with van der Waals surface area (Å²) in [4.78, 5) is 13.1. The van der Waals surface area contributed by atoms with Crippen LogP contribution in [-0.4, -0.2) is 36.8 Å². The highest BCUT2D eigenvalue weighted by Gasteiger charge is 2.40. The maximum atomic E-state index is 13.4. The Kier molecular flexibility index (Phi) is 4.77. The van der Waals surface area contributed by atoms with Crippen LogP contribution < -0.4 is 0 Å². The zero-order valence-corrected chi connectivity index (χ0v) is 11.9. The Morgan fingerprint density at radius 3 is 2.76 bits per heavy atom. The molecule has 1 aromatic rings. The molecule has 1 saturated heterocycles. The van der Waals surface area contributed by atoms with Crippen LogP contribution in [0.5, 0.6) is 0 Å². The summed E-state index contributed by atoms with van der Waals surface area (Å²) in [5.74, 6) is -0.966. The van der Waals surface area contributed by atoms with Crippen LogP contribution in [0.4, 0.5) is 17.6 Å². The van der Waals surface area contributed by atoms with E-state index < -0.39 is 22.9 Å². The number of halogens is 4. The van der Waals surface area contributed by atoms with Gasteiger partial charge >= 0.3 is 6.18 Å². The van der Waals surface area contributed by atoms with E-state index >= 15 is 0 Å². The fraction of sp³-hybridized carbons (Fsp3) is 0.462. The van der Waals surface area contributed by atoms with Crippen molar-refractivity contribution in [1.82, 2.24) is 4.90 Å². The predicted molar refractivity (Wildman–Crippen MR) is 70.2 cm³/mol. The molecule has 2 rings (SSSR count). The van der Waals surface area contributed by atoms with Crippen LogP contribution in [-0.2, 0) is 15.7 Å². The molecule has 1 aliphatic heterocycles. The summed E-state index contributed by atoms with van der Waals surface area (Å²) in [5.41, 5.74) is -1.15. The monoisotopic (exact) mass is 323 g/mol. The van der Waals surface area contributed by atoms with Crippen molar-refractivity contribution in [3.05, 3.63) is 35.1 Å². The zero-order chi connectivity index (χ0) is 15.6. The van der Waals surface area contributed by atoms with Gasteiger partial charge in [0.15, 0.2) is 0 Å². The first kappa shape index (κ1) is 16.1. The lowest BCUT2D eigenvalue weighted by Crippen LogP contribution is -2.32. The number of hydrogen-bond donors (Lipinski definition) is 0. The van der Waals surface area contributed by atoms with Gasteiger partial charge in [-0.25, -0.2) is 4.39 Å². The molecule has 0 aliphatic carbocycles. The fourth-order valence-electron chi connectivity index (χ4n) is 2.14. The molecular weight excluding hydrogens is 310 g/mol. The molecule has 0 N–H and O–H groups in total. The van der Waals surface area contributed by atoms with E-state index in [-0.39, 0.29) is 30.4 Å². The third kappa shape index (κ3) is 3.49. The van der Waals surface area contributed by atoms with Gasteiger partial charge < -0.3 is 9.64 Å². The van der Waals surface area contributed by atoms with E-state index in [0.717, 1.165) is 23.9 Å². The summed E-state index contributed by atoms with van der Waals surface area (Å²) in [6.45, 7) is 0.375. The molecular formula is C13H13F4NO2S. The van der Waals surface area contributed by atoms with Crippen LogP contribution in [0.2, 0.25) is 0 Å². The van der Waals surface area contributed by atoms with Crippen molar-refractivity contribution in [3.8, 4) is 0 Å². The number of ether oxygens (including phenoxy) is 1. The quantitative estimate of drug-likeness (QED) is 0.798. The van der Waals surface area contributed by atoms with Gasteiger partial charge in [0.2, 0.25) is 5.91 Å². The van der Waals surface area contributed by atoms with Crippen LogP contribution in [0.15, 0.2) is 18.2 Å². The van der Waals surface area contributed by atoms with Gasteiger partial charge in [-0.15, -0.1) is 11.8 Å². The van der Waals surface area contributed by atoms with E-state index in [4.69, 9.17) is 4.74 Å². The van der Waals surface area contributed by atoms with Gasteiger partial charge in [-0.2, -0.15) is 13.2 Å². The van der Waals surface area contributed by atoms with Gasteiger partial charge in [0.05, 0.1) is 17.9 Å². The van der Waals surface area contributed by atoms with E-state index in [9.17, 15) is 22.4 Å². The summed E-state index contributed by atoms with van der Waals surface area (Å²) >= 11 is 1.06. The minimum absolute atomic E-state index is 0.0716. The van der Waals surface area contributed by atoms with E-state index in [1.54, 1.807) is 0 Å². The van der Waals surface area contributed by atoms with Crippen LogP contribution in [0.3, 0.4) is 0 Å². The fourth-order valence-corrected chi connectivity index (χ4v) is 3.38. The predicted octanol–water partition coefficient (Wildman–Crippen LogP) is 3.06. The molecule has 0 saturated carbocycles. The molecule has 0 bridgehead atoms. The number of amides is 1. The van der Waals surface area contributed by atoms with Gasteiger partial charge in [-0.1, -0.05) is 0 Å². The zero-order valence-electron chi connectivity index (χ0n) is 11.1. The van der Waals surface area contributed by atoms with Gasteiger partial charge in [0.1, 0.15) is 11.2 Å². The summed E-state index contributed by atoms with van der Waals surface area (Å²) < 4.78 is 57.4.